The molecule has 0 aliphatic rings. The van der Waals surface area contributed by atoms with E-state index in [2.05, 4.69) is 22.4 Å². The molecule has 0 radical (unpaired) electrons. The highest BCUT2D eigenvalue weighted by Crippen LogP contribution is 2.25. The van der Waals surface area contributed by atoms with Gasteiger partial charge in [0, 0.05) is 25.0 Å². The summed E-state index contributed by atoms with van der Waals surface area (Å²) in [6.07, 6.45) is 0. The molecule has 0 amide bonds. The fourth-order valence-corrected chi connectivity index (χ4v) is 3.26. The Hall–Kier alpha value is -2.32. The second kappa shape index (κ2) is 5.23. The van der Waals surface area contributed by atoms with Gasteiger partial charge in [-0.2, -0.15) is 5.26 Å². The lowest BCUT2D eigenvalue weighted by atomic mass is 10.2. The molecule has 0 unspecified atom stereocenters. The van der Waals surface area contributed by atoms with Gasteiger partial charge in [-0.25, -0.2) is 4.98 Å². The highest BCUT2D eigenvalue weighted by atomic mass is 32.1. The largest absolute Gasteiger partial charge is 0.381 e. The molecule has 0 aliphatic carbocycles. The first-order valence-electron chi connectivity index (χ1n) is 6.75. The summed E-state index contributed by atoms with van der Waals surface area (Å²) in [6.45, 7) is 4.77. The first-order chi connectivity index (χ1) is 10.1. The molecule has 3 aromatic rings. The zero-order chi connectivity index (χ0) is 15.0. The van der Waals surface area contributed by atoms with Crippen molar-refractivity contribution in [3.63, 3.8) is 0 Å². The van der Waals surface area contributed by atoms with E-state index < -0.39 is 0 Å². The molecule has 3 rings (SSSR count). The van der Waals surface area contributed by atoms with Crippen molar-refractivity contribution in [1.29, 1.82) is 5.26 Å². The first-order valence-corrected chi connectivity index (χ1v) is 7.56. The lowest BCUT2D eigenvalue weighted by molar-refractivity contribution is 0.856. The number of benzene rings is 1. The Morgan fingerprint density at radius 3 is 2.86 bits per heavy atom. The van der Waals surface area contributed by atoms with Crippen LogP contribution < -0.4 is 5.32 Å². The molecular formula is C16H16N4S. The third kappa shape index (κ3) is 2.50. The number of thiazole rings is 1. The highest BCUT2D eigenvalue weighted by molar-refractivity contribution is 7.18. The second-order valence-corrected chi connectivity index (χ2v) is 6.31. The number of nitrogens with zero attached hydrogens (tertiary/aromatic N) is 3. The van der Waals surface area contributed by atoms with E-state index in [9.17, 15) is 0 Å². The van der Waals surface area contributed by atoms with Gasteiger partial charge in [0.25, 0.3) is 0 Å². The Bertz CT molecular complexity index is 851. The lowest BCUT2D eigenvalue weighted by Crippen LogP contribution is -2.01. The number of nitriles is 1. The van der Waals surface area contributed by atoms with E-state index in [-0.39, 0.29) is 0 Å². The topological polar surface area (TPSA) is 53.6 Å². The smallest absolute Gasteiger partial charge is 0.120 e. The van der Waals surface area contributed by atoms with Crippen LogP contribution in [-0.4, -0.2) is 9.55 Å². The molecule has 0 spiro atoms. The van der Waals surface area contributed by atoms with Crippen LogP contribution in [0.3, 0.4) is 0 Å². The minimum absolute atomic E-state index is 0.692. The lowest BCUT2D eigenvalue weighted by Gasteiger charge is -2.06. The average molecular weight is 296 g/mol. The van der Waals surface area contributed by atoms with Crippen LogP contribution in [0, 0.1) is 25.2 Å². The van der Waals surface area contributed by atoms with Gasteiger partial charge in [-0.05, 0) is 43.7 Å². The molecule has 5 heteroatoms. The van der Waals surface area contributed by atoms with E-state index in [0.29, 0.717) is 12.2 Å². The van der Waals surface area contributed by atoms with Crippen LogP contribution in [0.25, 0.3) is 10.2 Å². The number of aryl methyl sites for hydroxylation is 1. The third-order valence-electron chi connectivity index (χ3n) is 3.73. The van der Waals surface area contributed by atoms with Gasteiger partial charge in [0.1, 0.15) is 11.8 Å². The summed E-state index contributed by atoms with van der Waals surface area (Å²) in [6, 6.07) is 10.4. The van der Waals surface area contributed by atoms with Crippen LogP contribution in [0.5, 0.6) is 0 Å². The van der Waals surface area contributed by atoms with E-state index in [0.717, 1.165) is 27.5 Å². The zero-order valence-corrected chi connectivity index (χ0v) is 13.1. The van der Waals surface area contributed by atoms with Gasteiger partial charge in [0.05, 0.1) is 15.2 Å². The molecule has 106 valence electrons. The van der Waals surface area contributed by atoms with E-state index >= 15 is 0 Å². The maximum atomic E-state index is 9.07. The molecule has 4 nitrogen and oxygen atoms in total. The van der Waals surface area contributed by atoms with Crippen molar-refractivity contribution >= 4 is 27.2 Å². The normalized spacial score (nSPS) is 10.8. The van der Waals surface area contributed by atoms with E-state index in [1.807, 2.05) is 43.7 Å². The number of hydrogen-bond donors (Lipinski definition) is 1. The maximum Gasteiger partial charge on any atom is 0.120 e. The van der Waals surface area contributed by atoms with Gasteiger partial charge in [-0.1, -0.05) is 0 Å². The second-order valence-electron chi connectivity index (χ2n) is 5.08. The Balaban J connectivity index is 1.81. The number of nitrogens with one attached hydrogen (secondary N) is 1. The molecule has 0 saturated heterocycles. The molecule has 0 bridgehead atoms. The molecule has 21 heavy (non-hydrogen) atoms. The van der Waals surface area contributed by atoms with E-state index in [1.165, 1.54) is 4.70 Å². The fourth-order valence-electron chi connectivity index (χ4n) is 2.40. The Kier molecular flexibility index (Phi) is 3.40. The summed E-state index contributed by atoms with van der Waals surface area (Å²) in [5.74, 6) is 0. The summed E-state index contributed by atoms with van der Waals surface area (Å²) < 4.78 is 3.12. The van der Waals surface area contributed by atoms with Crippen LogP contribution in [0.1, 0.15) is 22.0 Å². The quantitative estimate of drug-likeness (QED) is 0.801. The Morgan fingerprint density at radius 1 is 1.33 bits per heavy atom. The number of rotatable bonds is 3. The van der Waals surface area contributed by atoms with Crippen molar-refractivity contribution in [2.75, 3.05) is 5.32 Å². The molecule has 2 heterocycles. The van der Waals surface area contributed by atoms with Crippen LogP contribution in [-0.2, 0) is 13.6 Å². The maximum absolute atomic E-state index is 9.07. The van der Waals surface area contributed by atoms with Crippen molar-refractivity contribution in [2.45, 2.75) is 20.4 Å². The Labute approximate surface area is 127 Å². The van der Waals surface area contributed by atoms with Gasteiger partial charge in [-0.3, -0.25) is 0 Å². The Morgan fingerprint density at radius 2 is 2.14 bits per heavy atom. The highest BCUT2D eigenvalue weighted by Gasteiger charge is 2.08. The van der Waals surface area contributed by atoms with E-state index in [4.69, 9.17) is 5.26 Å². The third-order valence-corrected chi connectivity index (χ3v) is 4.67. The molecule has 0 fully saturated rings. The number of aromatic nitrogens is 2. The number of hydrogen-bond acceptors (Lipinski definition) is 4. The summed E-state index contributed by atoms with van der Waals surface area (Å²) in [7, 11) is 1.92. The molecular weight excluding hydrogens is 280 g/mol. The standard InChI is InChI=1S/C16H16N4S/c1-10-12(6-14(8-17)20(10)3)9-18-13-4-5-15-16(7-13)21-11(2)19-15/h4-7,18H,9H2,1-3H3. The van der Waals surface area contributed by atoms with Crippen LogP contribution >= 0.6 is 11.3 Å². The number of anilines is 1. The van der Waals surface area contributed by atoms with Crippen molar-refractivity contribution in [3.05, 3.63) is 46.2 Å². The van der Waals surface area contributed by atoms with Crippen LogP contribution in [0.4, 0.5) is 5.69 Å². The number of fused-ring (bicyclic) bond motifs is 1. The van der Waals surface area contributed by atoms with Gasteiger partial charge < -0.3 is 9.88 Å². The molecule has 1 aromatic carbocycles. The minimum atomic E-state index is 0.692. The molecule has 0 saturated carbocycles. The predicted molar refractivity (Wildman–Crippen MR) is 86.5 cm³/mol. The van der Waals surface area contributed by atoms with E-state index in [1.54, 1.807) is 11.3 Å². The van der Waals surface area contributed by atoms with Crippen LogP contribution in [0.2, 0.25) is 0 Å². The minimum Gasteiger partial charge on any atom is -0.381 e. The first kappa shape index (κ1) is 13.7. The average Bonchev–Trinajstić information content (AvgIpc) is 2.97. The van der Waals surface area contributed by atoms with Crippen molar-refractivity contribution < 1.29 is 0 Å². The van der Waals surface area contributed by atoms with Crippen LogP contribution in [0.15, 0.2) is 24.3 Å². The summed E-state index contributed by atoms with van der Waals surface area (Å²) in [5.41, 5.74) is 5.08. The van der Waals surface area contributed by atoms with Crippen molar-refractivity contribution in [2.24, 2.45) is 7.05 Å². The zero-order valence-electron chi connectivity index (χ0n) is 12.3. The van der Waals surface area contributed by atoms with Gasteiger partial charge in [0.2, 0.25) is 0 Å². The summed E-state index contributed by atoms with van der Waals surface area (Å²) in [5, 5.41) is 13.6. The summed E-state index contributed by atoms with van der Waals surface area (Å²) in [4.78, 5) is 4.46. The van der Waals surface area contributed by atoms with Gasteiger partial charge in [0.15, 0.2) is 0 Å². The predicted octanol–water partition coefficient (Wildman–Crippen LogP) is 3.74. The van der Waals surface area contributed by atoms with Gasteiger partial charge >= 0.3 is 0 Å². The molecule has 2 aromatic heterocycles. The summed E-state index contributed by atoms with van der Waals surface area (Å²) >= 11 is 1.70. The SMILES string of the molecule is Cc1nc2ccc(NCc3cc(C#N)n(C)c3C)cc2s1. The monoisotopic (exact) mass is 296 g/mol. The molecule has 0 atom stereocenters. The van der Waals surface area contributed by atoms with Gasteiger partial charge in [-0.15, -0.1) is 11.3 Å². The molecule has 0 aliphatic heterocycles. The van der Waals surface area contributed by atoms with Crippen molar-refractivity contribution in [1.82, 2.24) is 9.55 Å². The van der Waals surface area contributed by atoms with Crippen molar-refractivity contribution in [3.8, 4) is 6.07 Å². The molecule has 1 N–H and O–H groups in total. The fraction of sp³-hybridized carbons (Fsp3) is 0.250.